The molecule has 0 spiro atoms. The first-order valence-electron chi connectivity index (χ1n) is 12.6. The quantitative estimate of drug-likeness (QED) is 0.485. The summed E-state index contributed by atoms with van der Waals surface area (Å²) in [6.45, 7) is 2.62. The second-order valence-electron chi connectivity index (χ2n) is 9.64. The van der Waals surface area contributed by atoms with E-state index < -0.39 is 12.1 Å². The highest BCUT2D eigenvalue weighted by Crippen LogP contribution is 2.44. The summed E-state index contributed by atoms with van der Waals surface area (Å²) < 4.78 is 5.59. The molecule has 0 aromatic heterocycles. The van der Waals surface area contributed by atoms with E-state index in [1.54, 1.807) is 0 Å². The zero-order valence-corrected chi connectivity index (χ0v) is 20.2. The molecule has 2 aliphatic carbocycles. The van der Waals surface area contributed by atoms with Crippen molar-refractivity contribution in [1.82, 2.24) is 10.6 Å². The van der Waals surface area contributed by atoms with Crippen LogP contribution < -0.4 is 10.6 Å². The Morgan fingerprint density at radius 3 is 2.14 bits per heavy atom. The van der Waals surface area contributed by atoms with Gasteiger partial charge >= 0.3 is 12.1 Å². The van der Waals surface area contributed by atoms with Crippen LogP contribution >= 0.6 is 0 Å². The van der Waals surface area contributed by atoms with Gasteiger partial charge in [0, 0.05) is 24.9 Å². The normalized spacial score (nSPS) is 19.8. The van der Waals surface area contributed by atoms with Gasteiger partial charge in [-0.25, -0.2) is 4.79 Å². The molecular formula is C28H34N2O5. The molecular weight excluding hydrogens is 444 g/mol. The molecule has 1 unspecified atom stereocenters. The number of alkyl carbamates (subject to hydrolysis) is 1. The van der Waals surface area contributed by atoms with Gasteiger partial charge in [-0.05, 0) is 53.9 Å². The lowest BCUT2D eigenvalue weighted by Crippen LogP contribution is -2.40. The Labute approximate surface area is 206 Å². The largest absolute Gasteiger partial charge is 0.481 e. The second kappa shape index (κ2) is 11.4. The lowest BCUT2D eigenvalue weighted by molar-refractivity contribution is -0.142. The molecule has 1 saturated carbocycles. The van der Waals surface area contributed by atoms with Crippen molar-refractivity contribution in [3.05, 3.63) is 59.7 Å². The number of carboxylic acids is 1. The number of aliphatic carboxylic acids is 1. The van der Waals surface area contributed by atoms with Crippen molar-refractivity contribution in [2.75, 3.05) is 13.2 Å². The van der Waals surface area contributed by atoms with Crippen molar-refractivity contribution in [2.45, 2.75) is 57.4 Å². The summed E-state index contributed by atoms with van der Waals surface area (Å²) in [7, 11) is 0. The Hall–Kier alpha value is -3.35. The van der Waals surface area contributed by atoms with Gasteiger partial charge in [-0.2, -0.15) is 0 Å². The molecule has 3 N–H and O–H groups in total. The number of benzene rings is 2. The van der Waals surface area contributed by atoms with Gasteiger partial charge in [0.15, 0.2) is 0 Å². The molecule has 2 aromatic carbocycles. The molecule has 1 fully saturated rings. The summed E-state index contributed by atoms with van der Waals surface area (Å²) in [6.07, 6.45) is 3.18. The molecule has 0 saturated heterocycles. The highest BCUT2D eigenvalue weighted by atomic mass is 16.5. The highest BCUT2D eigenvalue weighted by molar-refractivity contribution is 5.79. The SMILES string of the molecule is CCC(CNC(=O)OCC1c2ccccc2-c2ccccc21)CC(=O)NC1CCC(C(=O)O)CC1. The maximum absolute atomic E-state index is 12.5. The van der Waals surface area contributed by atoms with Crippen LogP contribution in [0.2, 0.25) is 0 Å². The minimum absolute atomic E-state index is 0.00541. The van der Waals surface area contributed by atoms with Crippen molar-refractivity contribution >= 4 is 18.0 Å². The van der Waals surface area contributed by atoms with Crippen LogP contribution in [0.15, 0.2) is 48.5 Å². The molecule has 2 amide bonds. The van der Waals surface area contributed by atoms with Gasteiger partial charge in [0.25, 0.3) is 0 Å². The first-order valence-corrected chi connectivity index (χ1v) is 12.6. The van der Waals surface area contributed by atoms with Gasteiger partial charge in [-0.15, -0.1) is 0 Å². The topological polar surface area (TPSA) is 105 Å². The monoisotopic (exact) mass is 478 g/mol. The molecule has 0 bridgehead atoms. The Balaban J connectivity index is 1.22. The molecule has 186 valence electrons. The zero-order chi connectivity index (χ0) is 24.8. The predicted molar refractivity (Wildman–Crippen MR) is 133 cm³/mol. The number of amides is 2. The fourth-order valence-corrected chi connectivity index (χ4v) is 5.27. The van der Waals surface area contributed by atoms with Crippen molar-refractivity contribution in [3.8, 4) is 11.1 Å². The van der Waals surface area contributed by atoms with E-state index in [1.807, 2.05) is 31.2 Å². The Morgan fingerprint density at radius 1 is 0.971 bits per heavy atom. The summed E-state index contributed by atoms with van der Waals surface area (Å²) in [5.74, 6) is -1.08. The average molecular weight is 479 g/mol. The number of carbonyl (C=O) groups is 3. The fraction of sp³-hybridized carbons (Fsp3) is 0.464. The number of hydrogen-bond donors (Lipinski definition) is 3. The van der Waals surface area contributed by atoms with Crippen LogP contribution in [0.5, 0.6) is 0 Å². The summed E-state index contributed by atoms with van der Waals surface area (Å²) in [6, 6.07) is 16.5. The van der Waals surface area contributed by atoms with Crippen molar-refractivity contribution < 1.29 is 24.2 Å². The molecule has 7 heteroatoms. The third-order valence-corrected chi connectivity index (χ3v) is 7.37. The lowest BCUT2D eigenvalue weighted by atomic mass is 9.86. The van der Waals surface area contributed by atoms with E-state index in [0.29, 0.717) is 38.6 Å². The minimum Gasteiger partial charge on any atom is -0.481 e. The molecule has 7 nitrogen and oxygen atoms in total. The number of ether oxygens (including phenoxy) is 1. The molecule has 35 heavy (non-hydrogen) atoms. The number of nitrogens with one attached hydrogen (secondary N) is 2. The Bertz CT molecular complexity index is 1020. The number of rotatable bonds is 9. The molecule has 1 atom stereocenters. The molecule has 4 rings (SSSR count). The third-order valence-electron chi connectivity index (χ3n) is 7.37. The van der Waals surface area contributed by atoms with Crippen LogP contribution in [-0.4, -0.2) is 42.3 Å². The third kappa shape index (κ3) is 6.02. The van der Waals surface area contributed by atoms with Crippen LogP contribution in [0.25, 0.3) is 11.1 Å². The predicted octanol–water partition coefficient (Wildman–Crippen LogP) is 4.70. The fourth-order valence-electron chi connectivity index (χ4n) is 5.27. The van der Waals surface area contributed by atoms with E-state index in [1.165, 1.54) is 22.3 Å². The Kier molecular flexibility index (Phi) is 8.06. The van der Waals surface area contributed by atoms with E-state index in [0.717, 1.165) is 6.42 Å². The van der Waals surface area contributed by atoms with Crippen molar-refractivity contribution in [3.63, 3.8) is 0 Å². The van der Waals surface area contributed by atoms with E-state index in [9.17, 15) is 14.4 Å². The van der Waals surface area contributed by atoms with Crippen LogP contribution in [0.3, 0.4) is 0 Å². The van der Waals surface area contributed by atoms with Crippen LogP contribution in [0.4, 0.5) is 4.79 Å². The highest BCUT2D eigenvalue weighted by Gasteiger charge is 2.29. The van der Waals surface area contributed by atoms with Gasteiger partial charge in [0.05, 0.1) is 5.92 Å². The Morgan fingerprint density at radius 2 is 1.57 bits per heavy atom. The summed E-state index contributed by atoms with van der Waals surface area (Å²) in [5.41, 5.74) is 4.71. The summed E-state index contributed by atoms with van der Waals surface area (Å²) in [5, 5.41) is 15.0. The second-order valence-corrected chi connectivity index (χ2v) is 9.64. The van der Waals surface area contributed by atoms with E-state index >= 15 is 0 Å². The van der Waals surface area contributed by atoms with Gasteiger partial charge < -0.3 is 20.5 Å². The molecule has 2 aromatic rings. The number of carbonyl (C=O) groups excluding carboxylic acids is 2. The van der Waals surface area contributed by atoms with Gasteiger partial charge in [-0.1, -0.05) is 61.9 Å². The smallest absolute Gasteiger partial charge is 0.407 e. The summed E-state index contributed by atoms with van der Waals surface area (Å²) in [4.78, 5) is 36.0. The molecule has 2 aliphatic rings. The number of carboxylic acid groups (broad SMARTS) is 1. The van der Waals surface area contributed by atoms with Gasteiger partial charge in [-0.3, -0.25) is 9.59 Å². The average Bonchev–Trinajstić information content (AvgIpc) is 3.19. The van der Waals surface area contributed by atoms with Crippen molar-refractivity contribution in [2.24, 2.45) is 11.8 Å². The van der Waals surface area contributed by atoms with Gasteiger partial charge in [0.2, 0.25) is 5.91 Å². The maximum Gasteiger partial charge on any atom is 0.407 e. The maximum atomic E-state index is 12.5. The van der Waals surface area contributed by atoms with Crippen LogP contribution in [0.1, 0.15) is 62.5 Å². The van der Waals surface area contributed by atoms with Crippen LogP contribution in [-0.2, 0) is 14.3 Å². The van der Waals surface area contributed by atoms with Crippen LogP contribution in [0, 0.1) is 11.8 Å². The number of fused-ring (bicyclic) bond motifs is 3. The van der Waals surface area contributed by atoms with E-state index in [-0.39, 0.29) is 36.3 Å². The zero-order valence-electron chi connectivity index (χ0n) is 20.2. The number of hydrogen-bond acceptors (Lipinski definition) is 4. The first kappa shape index (κ1) is 24.8. The van der Waals surface area contributed by atoms with E-state index in [4.69, 9.17) is 9.84 Å². The summed E-state index contributed by atoms with van der Waals surface area (Å²) >= 11 is 0. The van der Waals surface area contributed by atoms with Crippen molar-refractivity contribution in [1.29, 1.82) is 0 Å². The molecule has 0 radical (unpaired) electrons. The standard InChI is InChI=1S/C28H34N2O5/c1-2-18(15-26(31)30-20-13-11-19(12-14-20)27(32)33)16-29-28(34)35-17-25-23-9-5-3-7-21(23)22-8-4-6-10-24(22)25/h3-10,18-20,25H,2,11-17H2,1H3,(H,29,34)(H,30,31)(H,32,33). The minimum atomic E-state index is -0.750. The molecule has 0 heterocycles. The van der Waals surface area contributed by atoms with E-state index in [2.05, 4.69) is 34.9 Å². The van der Waals surface area contributed by atoms with Gasteiger partial charge in [0.1, 0.15) is 6.61 Å². The first-order chi connectivity index (χ1) is 17.0. The lowest BCUT2D eigenvalue weighted by Gasteiger charge is -2.27. The molecule has 0 aliphatic heterocycles.